The molecule has 1 N–H and O–H groups in total. The van der Waals surface area contributed by atoms with Crippen LogP contribution < -0.4 is 14.8 Å². The third kappa shape index (κ3) is 3.40. The minimum Gasteiger partial charge on any atom is -0.454 e. The van der Waals surface area contributed by atoms with E-state index in [0.29, 0.717) is 6.79 Å². The Morgan fingerprint density at radius 2 is 1.89 bits per heavy atom. The fraction of sp³-hybridized carbons (Fsp3) is 0.364. The fourth-order valence-corrected chi connectivity index (χ4v) is 4.31. The van der Waals surface area contributed by atoms with E-state index < -0.39 is 0 Å². The molecule has 0 spiro atoms. The molecule has 0 fully saturated rings. The standard InChI is InChI=1S/C22H24N2O2.ClH/c1-2-6-19-17(5-1)18(20-7-3-4-12-24(19)20)10-11-23-14-16-8-9-21-22(13-16)26-15-25-21;/h1-2,5-6,8-9,13,23H,3-4,7,10-12,14-15H2;1H. The van der Waals surface area contributed by atoms with E-state index in [9.17, 15) is 0 Å². The largest absolute Gasteiger partial charge is 0.454 e. The summed E-state index contributed by atoms with van der Waals surface area (Å²) in [6.45, 7) is 3.33. The number of aromatic nitrogens is 1. The Bertz CT molecular complexity index is 951. The molecule has 5 heteroatoms. The lowest BCUT2D eigenvalue weighted by Crippen LogP contribution is -2.18. The van der Waals surface area contributed by atoms with E-state index in [1.54, 1.807) is 11.3 Å². The molecule has 2 aliphatic heterocycles. The highest BCUT2D eigenvalue weighted by molar-refractivity contribution is 5.86. The highest BCUT2D eigenvalue weighted by Gasteiger charge is 2.19. The van der Waals surface area contributed by atoms with Gasteiger partial charge in [-0.05, 0) is 61.6 Å². The van der Waals surface area contributed by atoms with E-state index in [1.807, 2.05) is 6.07 Å². The van der Waals surface area contributed by atoms with Crippen molar-refractivity contribution in [3.8, 4) is 11.5 Å². The van der Waals surface area contributed by atoms with Gasteiger partial charge in [-0.1, -0.05) is 24.3 Å². The van der Waals surface area contributed by atoms with Crippen LogP contribution in [0.15, 0.2) is 42.5 Å². The molecule has 2 aliphatic rings. The van der Waals surface area contributed by atoms with Gasteiger partial charge in [-0.25, -0.2) is 0 Å². The van der Waals surface area contributed by atoms with Gasteiger partial charge in [0.05, 0.1) is 0 Å². The summed E-state index contributed by atoms with van der Waals surface area (Å²) in [4.78, 5) is 0. The van der Waals surface area contributed by atoms with Gasteiger partial charge >= 0.3 is 0 Å². The second kappa shape index (κ2) is 7.83. The Balaban J connectivity index is 0.00000180. The van der Waals surface area contributed by atoms with Crippen LogP contribution in [0.4, 0.5) is 0 Å². The number of hydrogen-bond acceptors (Lipinski definition) is 3. The predicted molar refractivity (Wildman–Crippen MR) is 110 cm³/mol. The second-order valence-corrected chi connectivity index (χ2v) is 7.17. The summed E-state index contributed by atoms with van der Waals surface area (Å²) < 4.78 is 13.4. The number of halogens is 1. The predicted octanol–water partition coefficient (Wildman–Crippen LogP) is 4.46. The first-order valence-electron chi connectivity index (χ1n) is 9.58. The number of nitrogens with zero attached hydrogens (tertiary/aromatic N) is 1. The van der Waals surface area contributed by atoms with E-state index in [-0.39, 0.29) is 12.4 Å². The van der Waals surface area contributed by atoms with Gasteiger partial charge in [0.25, 0.3) is 0 Å². The topological polar surface area (TPSA) is 35.4 Å². The van der Waals surface area contributed by atoms with Crippen molar-refractivity contribution in [1.29, 1.82) is 0 Å². The summed E-state index contributed by atoms with van der Waals surface area (Å²) in [5.41, 5.74) is 5.74. The van der Waals surface area contributed by atoms with Gasteiger partial charge in [-0.15, -0.1) is 12.4 Å². The molecular weight excluding hydrogens is 360 g/mol. The molecule has 5 rings (SSSR count). The van der Waals surface area contributed by atoms with Crippen LogP contribution in [0.2, 0.25) is 0 Å². The zero-order valence-electron chi connectivity index (χ0n) is 15.4. The molecule has 3 aromatic rings. The maximum Gasteiger partial charge on any atom is 0.231 e. The van der Waals surface area contributed by atoms with Crippen LogP contribution in [0, 0.1) is 0 Å². The molecule has 0 radical (unpaired) electrons. The van der Waals surface area contributed by atoms with Crippen molar-refractivity contribution in [2.45, 2.75) is 38.8 Å². The monoisotopic (exact) mass is 384 g/mol. The molecule has 0 saturated heterocycles. The first kappa shape index (κ1) is 18.2. The van der Waals surface area contributed by atoms with Gasteiger partial charge < -0.3 is 19.4 Å². The Hall–Kier alpha value is -2.17. The first-order chi connectivity index (χ1) is 12.9. The van der Waals surface area contributed by atoms with Crippen molar-refractivity contribution in [2.75, 3.05) is 13.3 Å². The van der Waals surface area contributed by atoms with Crippen LogP contribution in [0.25, 0.3) is 10.9 Å². The summed E-state index contributed by atoms with van der Waals surface area (Å²) in [6.07, 6.45) is 4.90. The first-order valence-corrected chi connectivity index (χ1v) is 9.58. The number of aryl methyl sites for hydroxylation is 1. The number of fused-ring (bicyclic) bond motifs is 4. The molecule has 0 atom stereocenters. The zero-order valence-corrected chi connectivity index (χ0v) is 16.2. The van der Waals surface area contributed by atoms with Crippen molar-refractivity contribution >= 4 is 23.3 Å². The lowest BCUT2D eigenvalue weighted by molar-refractivity contribution is 0.174. The number of hydrogen-bond donors (Lipinski definition) is 1. The van der Waals surface area contributed by atoms with Gasteiger partial charge in [-0.2, -0.15) is 0 Å². The summed E-state index contributed by atoms with van der Waals surface area (Å²) in [5, 5.41) is 5.04. The van der Waals surface area contributed by atoms with Gasteiger partial charge in [0, 0.05) is 29.7 Å². The van der Waals surface area contributed by atoms with Crippen LogP contribution in [0.5, 0.6) is 11.5 Å². The average molecular weight is 385 g/mol. The zero-order chi connectivity index (χ0) is 17.3. The molecule has 0 bridgehead atoms. The third-order valence-corrected chi connectivity index (χ3v) is 5.56. The number of ether oxygens (including phenoxy) is 2. The van der Waals surface area contributed by atoms with Crippen molar-refractivity contribution in [3.63, 3.8) is 0 Å². The molecule has 2 aromatic carbocycles. The van der Waals surface area contributed by atoms with E-state index in [4.69, 9.17) is 9.47 Å². The minimum atomic E-state index is 0. The minimum absolute atomic E-state index is 0. The molecule has 4 nitrogen and oxygen atoms in total. The maximum atomic E-state index is 5.46. The molecule has 142 valence electrons. The smallest absolute Gasteiger partial charge is 0.231 e. The van der Waals surface area contributed by atoms with Gasteiger partial charge in [0.2, 0.25) is 6.79 Å². The highest BCUT2D eigenvalue weighted by Crippen LogP contribution is 2.33. The second-order valence-electron chi connectivity index (χ2n) is 7.17. The van der Waals surface area contributed by atoms with Gasteiger partial charge in [0.1, 0.15) is 0 Å². The number of rotatable bonds is 5. The summed E-state index contributed by atoms with van der Waals surface area (Å²) >= 11 is 0. The third-order valence-electron chi connectivity index (χ3n) is 5.56. The molecular formula is C22H25ClN2O2. The van der Waals surface area contributed by atoms with Gasteiger partial charge in [0.15, 0.2) is 11.5 Å². The van der Waals surface area contributed by atoms with Crippen LogP contribution in [0.3, 0.4) is 0 Å². The molecule has 1 aromatic heterocycles. The quantitative estimate of drug-likeness (QED) is 0.659. The molecule has 3 heterocycles. The van der Waals surface area contributed by atoms with Crippen molar-refractivity contribution < 1.29 is 9.47 Å². The average Bonchev–Trinajstić information content (AvgIpc) is 3.28. The number of para-hydroxylation sites is 1. The van der Waals surface area contributed by atoms with Crippen molar-refractivity contribution in [2.24, 2.45) is 0 Å². The summed E-state index contributed by atoms with van der Waals surface area (Å²) in [7, 11) is 0. The van der Waals surface area contributed by atoms with Crippen LogP contribution in [-0.2, 0) is 25.9 Å². The molecule has 0 unspecified atom stereocenters. The fourth-order valence-electron chi connectivity index (χ4n) is 4.31. The Morgan fingerprint density at radius 3 is 2.85 bits per heavy atom. The van der Waals surface area contributed by atoms with Crippen molar-refractivity contribution in [1.82, 2.24) is 9.88 Å². The normalized spacial score (nSPS) is 14.8. The SMILES string of the molecule is Cl.c1ccc2c(c1)c(CCNCc1ccc3c(c1)OCO3)c1n2CCCC1. The molecule has 0 aliphatic carbocycles. The van der Waals surface area contributed by atoms with E-state index >= 15 is 0 Å². The van der Waals surface area contributed by atoms with E-state index in [1.165, 1.54) is 42.3 Å². The molecule has 27 heavy (non-hydrogen) atoms. The van der Waals surface area contributed by atoms with E-state index in [0.717, 1.165) is 31.0 Å². The summed E-state index contributed by atoms with van der Waals surface area (Å²) in [6, 6.07) is 15.1. The van der Waals surface area contributed by atoms with Crippen molar-refractivity contribution in [3.05, 3.63) is 59.3 Å². The number of nitrogens with one attached hydrogen (secondary N) is 1. The molecule has 0 amide bonds. The Kier molecular flexibility index (Phi) is 5.28. The number of benzene rings is 2. The summed E-state index contributed by atoms with van der Waals surface area (Å²) in [5.74, 6) is 1.71. The Labute approximate surface area is 165 Å². The van der Waals surface area contributed by atoms with Crippen LogP contribution in [0.1, 0.15) is 29.7 Å². The van der Waals surface area contributed by atoms with E-state index in [2.05, 4.69) is 46.3 Å². The maximum absolute atomic E-state index is 5.46. The molecule has 0 saturated carbocycles. The van der Waals surface area contributed by atoms with Crippen LogP contribution in [-0.4, -0.2) is 17.9 Å². The Morgan fingerprint density at radius 1 is 1.00 bits per heavy atom. The van der Waals surface area contributed by atoms with Crippen LogP contribution >= 0.6 is 12.4 Å². The lowest BCUT2D eigenvalue weighted by atomic mass is 10.0. The highest BCUT2D eigenvalue weighted by atomic mass is 35.5. The lowest BCUT2D eigenvalue weighted by Gasteiger charge is -2.17. The van der Waals surface area contributed by atoms with Gasteiger partial charge in [-0.3, -0.25) is 0 Å².